The van der Waals surface area contributed by atoms with E-state index in [0.29, 0.717) is 0 Å². The normalized spacial score (nSPS) is 8.40. The summed E-state index contributed by atoms with van der Waals surface area (Å²) in [5.41, 5.74) is 0. The first-order chi connectivity index (χ1) is 2.41. The molecular formula is C2H5BFP. The van der Waals surface area contributed by atoms with Crippen LogP contribution in [-0.4, -0.2) is 6.62 Å². The van der Waals surface area contributed by atoms with Gasteiger partial charge in [-0.2, -0.15) is 0 Å². The fourth-order valence-electron chi connectivity index (χ4n) is 0.0690. The van der Waals surface area contributed by atoms with Crippen LogP contribution in [0.1, 0.15) is 6.92 Å². The van der Waals surface area contributed by atoms with Gasteiger partial charge in [0.1, 0.15) is 0 Å². The third-order valence-electron chi connectivity index (χ3n) is 0.252. The molecule has 5 heavy (non-hydrogen) atoms. The summed E-state index contributed by atoms with van der Waals surface area (Å²) in [6.45, 7) is 3.46. The summed E-state index contributed by atoms with van der Waals surface area (Å²) in [6, 6.07) is 0. The first-order valence-corrected chi connectivity index (χ1v) is 2.40. The van der Waals surface area contributed by atoms with Gasteiger partial charge in [-0.1, -0.05) is 0 Å². The maximum atomic E-state index is 10.9. The molecule has 0 saturated carbocycles. The van der Waals surface area contributed by atoms with Crippen molar-refractivity contribution in [3.8, 4) is 0 Å². The van der Waals surface area contributed by atoms with Crippen LogP contribution < -0.4 is 0 Å². The average molecular weight is 89.8 g/mol. The molecule has 0 spiro atoms. The van der Waals surface area contributed by atoms with E-state index in [1.165, 1.54) is 0 Å². The predicted molar refractivity (Wildman–Crippen MR) is 24.3 cm³/mol. The molecule has 0 unspecified atom stereocenters. The van der Waals surface area contributed by atoms with Gasteiger partial charge in [0.2, 0.25) is 0 Å². The van der Waals surface area contributed by atoms with E-state index < -0.39 is 0 Å². The average Bonchev–Trinajstić information content (AvgIpc) is 1.41. The van der Waals surface area contributed by atoms with Crippen molar-refractivity contribution in [2.24, 2.45) is 0 Å². The van der Waals surface area contributed by atoms with Crippen LogP contribution in [0.2, 0.25) is 6.32 Å². The van der Waals surface area contributed by atoms with Crippen LogP contribution in [0.5, 0.6) is 0 Å². The molecule has 0 aliphatic carbocycles. The van der Waals surface area contributed by atoms with E-state index in [4.69, 9.17) is 0 Å². The SMILES string of the molecule is CCB=PF. The summed E-state index contributed by atoms with van der Waals surface area (Å²) in [4.78, 5) is 0. The molecule has 0 nitrogen and oxygen atoms in total. The van der Waals surface area contributed by atoms with Gasteiger partial charge in [-0.05, 0) is 0 Å². The standard InChI is InChI=1S/C2H5BFP/c1-2-3-5-4/h2H2,1H3. The van der Waals surface area contributed by atoms with Crippen molar-refractivity contribution in [2.75, 3.05) is 0 Å². The molecular weight excluding hydrogens is 84.8 g/mol. The zero-order valence-corrected chi connectivity index (χ0v) is 4.00. The third kappa shape index (κ3) is 4.29. The molecule has 0 aliphatic rings. The van der Waals surface area contributed by atoms with Crippen molar-refractivity contribution in [1.29, 1.82) is 0 Å². The van der Waals surface area contributed by atoms with Crippen LogP contribution in [0, 0.1) is 0 Å². The van der Waals surface area contributed by atoms with Gasteiger partial charge in [0, 0.05) is 0 Å². The second-order valence-electron chi connectivity index (χ2n) is 0.688. The van der Waals surface area contributed by atoms with Crippen molar-refractivity contribution in [2.45, 2.75) is 13.2 Å². The first kappa shape index (κ1) is 5.29. The summed E-state index contributed by atoms with van der Waals surface area (Å²) in [5, 5.41) is 0. The molecule has 0 radical (unpaired) electrons. The van der Waals surface area contributed by atoms with Gasteiger partial charge in [0.15, 0.2) is 0 Å². The molecule has 0 heterocycles. The summed E-state index contributed by atoms with van der Waals surface area (Å²) in [6.07, 6.45) is 0.831. The van der Waals surface area contributed by atoms with E-state index in [9.17, 15) is 4.20 Å². The fourth-order valence-corrected chi connectivity index (χ4v) is 0.207. The quantitative estimate of drug-likeness (QED) is 0.340. The molecule has 0 saturated heterocycles. The van der Waals surface area contributed by atoms with Crippen LogP contribution in [0.25, 0.3) is 0 Å². The van der Waals surface area contributed by atoms with E-state index in [1.807, 2.05) is 6.92 Å². The Morgan fingerprint density at radius 1 is 2.00 bits per heavy atom. The zero-order chi connectivity index (χ0) is 4.12. The third-order valence-corrected chi connectivity index (χ3v) is 0.755. The van der Waals surface area contributed by atoms with Gasteiger partial charge in [0.05, 0.1) is 0 Å². The fraction of sp³-hybridized carbons (Fsp3) is 1.00. The van der Waals surface area contributed by atoms with Crippen molar-refractivity contribution in [3.63, 3.8) is 0 Å². The minimum atomic E-state index is -0.0953. The van der Waals surface area contributed by atoms with Crippen molar-refractivity contribution in [3.05, 3.63) is 0 Å². The van der Waals surface area contributed by atoms with Crippen LogP contribution in [0.3, 0.4) is 0 Å². The second-order valence-corrected chi connectivity index (χ2v) is 1.25. The Balaban J connectivity index is 2.62. The Labute approximate surface area is 33.5 Å². The predicted octanol–water partition coefficient (Wildman–Crippen LogP) is 1.87. The summed E-state index contributed by atoms with van der Waals surface area (Å²) < 4.78 is 10.9. The van der Waals surface area contributed by atoms with E-state index in [2.05, 4.69) is 0 Å². The number of hydrogen-bond donors (Lipinski definition) is 0. The van der Waals surface area contributed by atoms with Crippen molar-refractivity contribution >= 4 is 15.0 Å². The number of halogens is 1. The van der Waals surface area contributed by atoms with Crippen LogP contribution in [-0.2, 0) is 0 Å². The van der Waals surface area contributed by atoms with Gasteiger partial charge >= 0.3 is 32.4 Å². The molecule has 0 aromatic rings. The van der Waals surface area contributed by atoms with E-state index >= 15 is 0 Å². The topological polar surface area (TPSA) is 0 Å². The first-order valence-electron chi connectivity index (χ1n) is 1.54. The molecule has 0 bridgehead atoms. The summed E-state index contributed by atoms with van der Waals surface area (Å²) in [7, 11) is -0.0953. The van der Waals surface area contributed by atoms with Crippen LogP contribution >= 0.6 is 8.38 Å². The minimum absolute atomic E-state index is 0.0953. The van der Waals surface area contributed by atoms with Gasteiger partial charge in [-0.15, -0.1) is 0 Å². The van der Waals surface area contributed by atoms with Gasteiger partial charge < -0.3 is 0 Å². The molecule has 28 valence electrons. The Hall–Kier alpha value is 0.295. The van der Waals surface area contributed by atoms with Crippen molar-refractivity contribution in [1.82, 2.24) is 0 Å². The molecule has 0 amide bonds. The molecule has 0 atom stereocenters. The zero-order valence-electron chi connectivity index (χ0n) is 3.11. The number of hydrogen-bond acceptors (Lipinski definition) is 0. The second kappa shape index (κ2) is 4.29. The van der Waals surface area contributed by atoms with E-state index in [0.717, 1.165) is 6.32 Å². The van der Waals surface area contributed by atoms with Crippen LogP contribution in [0.15, 0.2) is 0 Å². The molecule has 0 fully saturated rings. The molecule has 3 heteroatoms. The molecule has 0 aromatic heterocycles. The van der Waals surface area contributed by atoms with Crippen molar-refractivity contribution < 1.29 is 4.20 Å². The van der Waals surface area contributed by atoms with Gasteiger partial charge in [-0.25, -0.2) is 0 Å². The Kier molecular flexibility index (Phi) is 4.55. The molecule has 0 aliphatic heterocycles. The Morgan fingerprint density at radius 3 is 2.60 bits per heavy atom. The molecule has 0 aromatic carbocycles. The molecule has 0 N–H and O–H groups in total. The summed E-state index contributed by atoms with van der Waals surface area (Å²) in [5.74, 6) is 0. The van der Waals surface area contributed by atoms with Gasteiger partial charge in [0.25, 0.3) is 0 Å². The van der Waals surface area contributed by atoms with E-state index in [1.54, 1.807) is 6.62 Å². The monoisotopic (exact) mass is 90.0 g/mol. The van der Waals surface area contributed by atoms with Crippen LogP contribution in [0.4, 0.5) is 4.20 Å². The Bertz CT molecular complexity index is 36.6. The van der Waals surface area contributed by atoms with E-state index in [-0.39, 0.29) is 8.38 Å². The molecule has 0 rings (SSSR count). The Morgan fingerprint density at radius 2 is 2.60 bits per heavy atom. The van der Waals surface area contributed by atoms with Gasteiger partial charge in [-0.3, -0.25) is 0 Å². The maximum absolute atomic E-state index is 10.9. The summed E-state index contributed by atoms with van der Waals surface area (Å²) >= 11 is 0. The number of rotatable bonds is 1.